The molecule has 0 radical (unpaired) electrons. The van der Waals surface area contributed by atoms with Crippen LogP contribution in [0.3, 0.4) is 0 Å². The number of pyridine rings is 1. The van der Waals surface area contributed by atoms with Crippen LogP contribution in [0.25, 0.3) is 0 Å². The lowest BCUT2D eigenvalue weighted by atomic mass is 10.1. The number of nitrogens with zero attached hydrogens (tertiary/aromatic N) is 1. The Morgan fingerprint density at radius 3 is 3.00 bits per heavy atom. The molecule has 1 saturated carbocycles. The van der Waals surface area contributed by atoms with Crippen LogP contribution in [0.2, 0.25) is 5.15 Å². The zero-order valence-corrected chi connectivity index (χ0v) is 10.5. The minimum atomic E-state index is -0.187. The molecule has 3 N–H and O–H groups in total. The third-order valence-corrected chi connectivity index (χ3v) is 3.58. The minimum absolute atomic E-state index is 0.187. The molecule has 92 valence electrons. The van der Waals surface area contributed by atoms with Crippen LogP contribution in [-0.2, 0) is 0 Å². The smallest absolute Gasteiger partial charge is 0.254 e. The van der Waals surface area contributed by atoms with Gasteiger partial charge in [0.15, 0.2) is 0 Å². The Bertz CT molecular complexity index is 436. The van der Waals surface area contributed by atoms with Gasteiger partial charge in [0.1, 0.15) is 5.15 Å². The van der Waals surface area contributed by atoms with Gasteiger partial charge in [0.25, 0.3) is 5.91 Å². The molecule has 1 aromatic heterocycles. The van der Waals surface area contributed by atoms with Gasteiger partial charge in [-0.05, 0) is 24.8 Å². The quantitative estimate of drug-likeness (QED) is 0.795. The molecule has 0 aromatic carbocycles. The molecule has 0 bridgehead atoms. The molecule has 2 unspecified atom stereocenters. The van der Waals surface area contributed by atoms with E-state index in [1.807, 2.05) is 0 Å². The van der Waals surface area contributed by atoms with Crippen molar-refractivity contribution in [2.24, 2.45) is 5.92 Å². The van der Waals surface area contributed by atoms with E-state index in [9.17, 15) is 4.79 Å². The van der Waals surface area contributed by atoms with Crippen LogP contribution >= 0.6 is 11.6 Å². The number of aromatic nitrogens is 1. The van der Waals surface area contributed by atoms with Crippen molar-refractivity contribution in [1.82, 2.24) is 10.3 Å². The summed E-state index contributed by atoms with van der Waals surface area (Å²) in [5.41, 5.74) is 6.40. The van der Waals surface area contributed by atoms with Gasteiger partial charge in [-0.15, -0.1) is 0 Å². The van der Waals surface area contributed by atoms with E-state index >= 15 is 0 Å². The highest BCUT2D eigenvalue weighted by atomic mass is 35.5. The van der Waals surface area contributed by atoms with Gasteiger partial charge in [-0.3, -0.25) is 4.79 Å². The van der Waals surface area contributed by atoms with Crippen molar-refractivity contribution >= 4 is 23.2 Å². The monoisotopic (exact) mass is 253 g/mol. The van der Waals surface area contributed by atoms with Crippen molar-refractivity contribution in [3.8, 4) is 0 Å². The zero-order chi connectivity index (χ0) is 12.4. The molecule has 1 aliphatic rings. The van der Waals surface area contributed by atoms with E-state index in [1.165, 1.54) is 6.20 Å². The molecular formula is C12H16ClN3O. The number of nitrogen functional groups attached to an aromatic ring is 1. The molecule has 1 aliphatic carbocycles. The summed E-state index contributed by atoms with van der Waals surface area (Å²) >= 11 is 5.89. The standard InChI is InChI=1S/C12H16ClN3O/c1-7-3-2-4-10(7)16-12(17)9-5-8(14)6-15-11(9)13/h5-7,10H,2-4,14H2,1H3,(H,16,17). The summed E-state index contributed by atoms with van der Waals surface area (Å²) < 4.78 is 0. The highest BCUT2D eigenvalue weighted by Gasteiger charge is 2.25. The SMILES string of the molecule is CC1CCCC1NC(=O)c1cc(N)cnc1Cl. The predicted molar refractivity (Wildman–Crippen MR) is 67.9 cm³/mol. The Labute approximate surface area is 106 Å². The van der Waals surface area contributed by atoms with Crippen molar-refractivity contribution in [1.29, 1.82) is 0 Å². The molecular weight excluding hydrogens is 238 g/mol. The molecule has 2 rings (SSSR count). The second-order valence-corrected chi connectivity index (χ2v) is 4.95. The maximum atomic E-state index is 12.0. The van der Waals surface area contributed by atoms with Crippen LogP contribution in [-0.4, -0.2) is 16.9 Å². The fourth-order valence-electron chi connectivity index (χ4n) is 2.23. The number of halogens is 1. The number of anilines is 1. The molecule has 1 fully saturated rings. The number of rotatable bonds is 2. The Morgan fingerprint density at radius 2 is 2.35 bits per heavy atom. The van der Waals surface area contributed by atoms with Gasteiger partial charge < -0.3 is 11.1 Å². The largest absolute Gasteiger partial charge is 0.397 e. The summed E-state index contributed by atoms with van der Waals surface area (Å²) in [6.07, 6.45) is 4.79. The van der Waals surface area contributed by atoms with E-state index in [2.05, 4.69) is 17.2 Å². The Balaban J connectivity index is 2.11. The number of nitrogens with two attached hydrogens (primary N) is 1. The molecule has 1 aromatic rings. The van der Waals surface area contributed by atoms with Crippen molar-refractivity contribution in [2.75, 3.05) is 5.73 Å². The van der Waals surface area contributed by atoms with Crippen LogP contribution < -0.4 is 11.1 Å². The molecule has 0 spiro atoms. The van der Waals surface area contributed by atoms with Gasteiger partial charge in [0, 0.05) is 6.04 Å². The number of carbonyl (C=O) groups is 1. The fourth-order valence-corrected chi connectivity index (χ4v) is 2.42. The molecule has 17 heavy (non-hydrogen) atoms. The van der Waals surface area contributed by atoms with E-state index in [0.29, 0.717) is 17.2 Å². The van der Waals surface area contributed by atoms with E-state index < -0.39 is 0 Å². The molecule has 0 saturated heterocycles. The lowest BCUT2D eigenvalue weighted by Crippen LogP contribution is -2.36. The zero-order valence-electron chi connectivity index (χ0n) is 9.74. The summed E-state index contributed by atoms with van der Waals surface area (Å²) in [5.74, 6) is 0.334. The van der Waals surface area contributed by atoms with Gasteiger partial charge >= 0.3 is 0 Å². The average Bonchev–Trinajstić information content (AvgIpc) is 2.68. The summed E-state index contributed by atoms with van der Waals surface area (Å²) in [4.78, 5) is 15.9. The molecule has 0 aliphatic heterocycles. The normalized spacial score (nSPS) is 23.6. The van der Waals surface area contributed by atoms with Gasteiger partial charge in [0.05, 0.1) is 17.4 Å². The van der Waals surface area contributed by atoms with Crippen LogP contribution in [0, 0.1) is 5.92 Å². The predicted octanol–water partition coefficient (Wildman–Crippen LogP) is 2.24. The van der Waals surface area contributed by atoms with Gasteiger partial charge in [-0.25, -0.2) is 4.98 Å². The Kier molecular flexibility index (Phi) is 3.52. The van der Waals surface area contributed by atoms with Crippen molar-refractivity contribution in [2.45, 2.75) is 32.2 Å². The fraction of sp³-hybridized carbons (Fsp3) is 0.500. The number of hydrogen-bond donors (Lipinski definition) is 2. The first kappa shape index (κ1) is 12.2. The molecule has 4 nitrogen and oxygen atoms in total. The van der Waals surface area contributed by atoms with Gasteiger partial charge in [-0.2, -0.15) is 0 Å². The summed E-state index contributed by atoms with van der Waals surface area (Å²) in [5, 5.41) is 3.19. The first-order valence-electron chi connectivity index (χ1n) is 5.80. The first-order valence-corrected chi connectivity index (χ1v) is 6.17. The molecule has 2 atom stereocenters. The Morgan fingerprint density at radius 1 is 1.59 bits per heavy atom. The summed E-state index contributed by atoms with van der Waals surface area (Å²) in [6, 6.07) is 1.80. The van der Waals surface area contributed by atoms with Crippen molar-refractivity contribution in [3.63, 3.8) is 0 Å². The van der Waals surface area contributed by atoms with Crippen LogP contribution in [0.5, 0.6) is 0 Å². The molecule has 1 amide bonds. The third-order valence-electron chi connectivity index (χ3n) is 3.28. The van der Waals surface area contributed by atoms with Crippen molar-refractivity contribution in [3.05, 3.63) is 23.0 Å². The maximum absolute atomic E-state index is 12.0. The van der Waals surface area contributed by atoms with Crippen LogP contribution in [0.15, 0.2) is 12.3 Å². The second kappa shape index (κ2) is 4.92. The number of nitrogens with one attached hydrogen (secondary N) is 1. The van der Waals surface area contributed by atoms with Gasteiger partial charge in [-0.1, -0.05) is 24.9 Å². The van der Waals surface area contributed by atoms with E-state index in [1.54, 1.807) is 6.07 Å². The van der Waals surface area contributed by atoms with Gasteiger partial charge in [0.2, 0.25) is 0 Å². The summed E-state index contributed by atoms with van der Waals surface area (Å²) in [7, 11) is 0. The van der Waals surface area contributed by atoms with Crippen molar-refractivity contribution < 1.29 is 4.79 Å². The number of hydrogen-bond acceptors (Lipinski definition) is 3. The molecule has 5 heteroatoms. The Hall–Kier alpha value is -1.29. The second-order valence-electron chi connectivity index (χ2n) is 4.60. The van der Waals surface area contributed by atoms with Crippen LogP contribution in [0.1, 0.15) is 36.5 Å². The summed E-state index contributed by atoms with van der Waals surface area (Å²) in [6.45, 7) is 2.15. The number of carbonyl (C=O) groups excluding carboxylic acids is 1. The number of amides is 1. The topological polar surface area (TPSA) is 68.0 Å². The van der Waals surface area contributed by atoms with E-state index in [-0.39, 0.29) is 17.1 Å². The van der Waals surface area contributed by atoms with E-state index in [0.717, 1.165) is 19.3 Å². The third kappa shape index (κ3) is 2.69. The highest BCUT2D eigenvalue weighted by Crippen LogP contribution is 2.25. The average molecular weight is 254 g/mol. The maximum Gasteiger partial charge on any atom is 0.254 e. The molecule has 1 heterocycles. The first-order chi connectivity index (χ1) is 8.08. The minimum Gasteiger partial charge on any atom is -0.397 e. The lowest BCUT2D eigenvalue weighted by molar-refractivity contribution is 0.0929. The van der Waals surface area contributed by atoms with E-state index in [4.69, 9.17) is 17.3 Å². The lowest BCUT2D eigenvalue weighted by Gasteiger charge is -2.17. The van der Waals surface area contributed by atoms with Crippen LogP contribution in [0.4, 0.5) is 5.69 Å². The highest BCUT2D eigenvalue weighted by molar-refractivity contribution is 6.32.